The Balaban J connectivity index is 1.62. The van der Waals surface area contributed by atoms with Crippen LogP contribution in [-0.2, 0) is 11.2 Å². The lowest BCUT2D eigenvalue weighted by molar-refractivity contribution is -0.115. The van der Waals surface area contributed by atoms with Crippen LogP contribution in [0.25, 0.3) is 0 Å². The molecule has 0 unspecified atom stereocenters. The Morgan fingerprint density at radius 3 is 3.00 bits per heavy atom. The molecular weight excluding hydrogens is 248 g/mol. The van der Waals surface area contributed by atoms with Gasteiger partial charge in [-0.3, -0.25) is 4.79 Å². The van der Waals surface area contributed by atoms with Crippen molar-refractivity contribution in [2.45, 2.75) is 44.9 Å². The quantitative estimate of drug-likeness (QED) is 0.818. The lowest BCUT2D eigenvalue weighted by Gasteiger charge is -2.19. The van der Waals surface area contributed by atoms with Crippen molar-refractivity contribution in [1.82, 2.24) is 0 Å². The minimum atomic E-state index is 0.113. The molecule has 1 aromatic carbocycles. The van der Waals surface area contributed by atoms with E-state index in [0.29, 0.717) is 6.42 Å². The number of anilines is 2. The molecular formula is C17H22N2O. The van der Waals surface area contributed by atoms with Crippen molar-refractivity contribution < 1.29 is 4.79 Å². The van der Waals surface area contributed by atoms with Gasteiger partial charge in [0.25, 0.3) is 0 Å². The molecule has 1 aromatic rings. The van der Waals surface area contributed by atoms with Gasteiger partial charge in [-0.2, -0.15) is 0 Å². The molecule has 3 rings (SSSR count). The average molecular weight is 270 g/mol. The van der Waals surface area contributed by atoms with Crippen molar-refractivity contribution in [1.29, 1.82) is 0 Å². The molecule has 0 spiro atoms. The summed E-state index contributed by atoms with van der Waals surface area (Å²) in [5, 5.41) is 6.42. The van der Waals surface area contributed by atoms with Crippen LogP contribution < -0.4 is 10.6 Å². The third-order valence-corrected chi connectivity index (χ3v) is 4.10. The summed E-state index contributed by atoms with van der Waals surface area (Å²) in [6, 6.07) is 6.17. The first kappa shape index (κ1) is 13.2. The van der Waals surface area contributed by atoms with E-state index in [0.717, 1.165) is 37.9 Å². The van der Waals surface area contributed by atoms with Gasteiger partial charge < -0.3 is 10.6 Å². The number of fused-ring (bicyclic) bond motifs is 1. The second kappa shape index (κ2) is 6.12. The molecule has 106 valence electrons. The average Bonchev–Trinajstić information content (AvgIpc) is 2.48. The molecule has 1 amide bonds. The fourth-order valence-corrected chi connectivity index (χ4v) is 3.03. The largest absolute Gasteiger partial charge is 0.385 e. The SMILES string of the molecule is O=C(CC1=CCCCC1)Nc1ccc2c(c1)CCCN2. The summed E-state index contributed by atoms with van der Waals surface area (Å²) in [6.45, 7) is 1.05. The van der Waals surface area contributed by atoms with E-state index in [4.69, 9.17) is 0 Å². The number of benzene rings is 1. The third kappa shape index (κ3) is 3.21. The highest BCUT2D eigenvalue weighted by molar-refractivity contribution is 5.92. The molecule has 0 saturated heterocycles. The van der Waals surface area contributed by atoms with Crippen LogP contribution in [0.15, 0.2) is 29.8 Å². The molecule has 1 heterocycles. The van der Waals surface area contributed by atoms with Gasteiger partial charge in [0.05, 0.1) is 0 Å². The molecule has 2 aliphatic rings. The minimum Gasteiger partial charge on any atom is -0.385 e. The molecule has 20 heavy (non-hydrogen) atoms. The molecule has 0 saturated carbocycles. The number of nitrogens with one attached hydrogen (secondary N) is 2. The number of hydrogen-bond acceptors (Lipinski definition) is 2. The number of hydrogen-bond donors (Lipinski definition) is 2. The van der Waals surface area contributed by atoms with Crippen molar-refractivity contribution >= 4 is 17.3 Å². The summed E-state index contributed by atoms with van der Waals surface area (Å²) < 4.78 is 0. The fraction of sp³-hybridized carbons (Fsp3) is 0.471. The maximum Gasteiger partial charge on any atom is 0.228 e. The van der Waals surface area contributed by atoms with Gasteiger partial charge in [0.2, 0.25) is 5.91 Å². The molecule has 1 aliphatic carbocycles. The van der Waals surface area contributed by atoms with E-state index in [1.165, 1.54) is 29.7 Å². The van der Waals surface area contributed by atoms with Gasteiger partial charge in [-0.25, -0.2) is 0 Å². The van der Waals surface area contributed by atoms with Crippen molar-refractivity contribution in [2.75, 3.05) is 17.2 Å². The number of rotatable bonds is 3. The zero-order valence-electron chi connectivity index (χ0n) is 11.9. The van der Waals surface area contributed by atoms with Crippen LogP contribution in [0.4, 0.5) is 11.4 Å². The summed E-state index contributed by atoms with van der Waals surface area (Å²) in [4.78, 5) is 12.1. The van der Waals surface area contributed by atoms with E-state index < -0.39 is 0 Å². The maximum atomic E-state index is 12.1. The van der Waals surface area contributed by atoms with Gasteiger partial charge in [-0.15, -0.1) is 0 Å². The smallest absolute Gasteiger partial charge is 0.228 e. The fourth-order valence-electron chi connectivity index (χ4n) is 3.03. The monoisotopic (exact) mass is 270 g/mol. The van der Waals surface area contributed by atoms with Crippen molar-refractivity contribution in [3.8, 4) is 0 Å². The van der Waals surface area contributed by atoms with Gasteiger partial charge >= 0.3 is 0 Å². The zero-order valence-corrected chi connectivity index (χ0v) is 11.9. The Labute approximate surface area is 120 Å². The first-order valence-corrected chi connectivity index (χ1v) is 7.66. The first-order valence-electron chi connectivity index (χ1n) is 7.66. The number of carbonyl (C=O) groups is 1. The minimum absolute atomic E-state index is 0.113. The van der Waals surface area contributed by atoms with E-state index in [2.05, 4.69) is 28.8 Å². The summed E-state index contributed by atoms with van der Waals surface area (Å²) in [5.41, 5.74) is 4.75. The van der Waals surface area contributed by atoms with Gasteiger partial charge in [0.1, 0.15) is 0 Å². The van der Waals surface area contributed by atoms with Crippen LogP contribution in [0.3, 0.4) is 0 Å². The Kier molecular flexibility index (Phi) is 4.05. The predicted octanol–water partition coefficient (Wildman–Crippen LogP) is 3.87. The number of amides is 1. The highest BCUT2D eigenvalue weighted by Gasteiger charge is 2.12. The highest BCUT2D eigenvalue weighted by Crippen LogP contribution is 2.26. The van der Waals surface area contributed by atoms with Gasteiger partial charge in [-0.05, 0) is 62.3 Å². The lowest BCUT2D eigenvalue weighted by atomic mass is 9.97. The number of aryl methyl sites for hydroxylation is 1. The van der Waals surface area contributed by atoms with Gasteiger partial charge in [0.15, 0.2) is 0 Å². The van der Waals surface area contributed by atoms with Crippen molar-refractivity contribution in [3.05, 3.63) is 35.4 Å². The number of allylic oxidation sites excluding steroid dienone is 1. The second-order valence-corrected chi connectivity index (χ2v) is 5.74. The summed E-state index contributed by atoms with van der Waals surface area (Å²) in [6.07, 6.45) is 9.75. The summed E-state index contributed by atoms with van der Waals surface area (Å²) in [7, 11) is 0. The van der Waals surface area contributed by atoms with Crippen LogP contribution in [0.5, 0.6) is 0 Å². The number of carbonyl (C=O) groups excluding carboxylic acids is 1. The van der Waals surface area contributed by atoms with Crippen LogP contribution in [-0.4, -0.2) is 12.5 Å². The standard InChI is InChI=1S/C17H22N2O/c20-17(11-13-5-2-1-3-6-13)19-15-8-9-16-14(12-15)7-4-10-18-16/h5,8-9,12,18H,1-4,6-7,10-11H2,(H,19,20). The van der Waals surface area contributed by atoms with Crippen molar-refractivity contribution in [3.63, 3.8) is 0 Å². The second-order valence-electron chi connectivity index (χ2n) is 5.74. The summed E-state index contributed by atoms with van der Waals surface area (Å²) >= 11 is 0. The molecule has 0 fully saturated rings. The Morgan fingerprint density at radius 2 is 2.15 bits per heavy atom. The Hall–Kier alpha value is -1.77. The van der Waals surface area contributed by atoms with Crippen LogP contribution in [0, 0.1) is 0 Å². The molecule has 0 bridgehead atoms. The molecule has 1 aliphatic heterocycles. The van der Waals surface area contributed by atoms with Crippen LogP contribution >= 0.6 is 0 Å². The van der Waals surface area contributed by atoms with E-state index in [-0.39, 0.29) is 5.91 Å². The van der Waals surface area contributed by atoms with Crippen molar-refractivity contribution in [2.24, 2.45) is 0 Å². The van der Waals surface area contributed by atoms with E-state index in [1.807, 2.05) is 6.07 Å². The van der Waals surface area contributed by atoms with Crippen LogP contribution in [0.1, 0.15) is 44.1 Å². The molecule has 0 aromatic heterocycles. The van der Waals surface area contributed by atoms with Crippen LogP contribution in [0.2, 0.25) is 0 Å². The Bertz CT molecular complexity index is 534. The normalized spacial score (nSPS) is 17.7. The van der Waals surface area contributed by atoms with E-state index in [9.17, 15) is 4.79 Å². The topological polar surface area (TPSA) is 41.1 Å². The van der Waals surface area contributed by atoms with E-state index >= 15 is 0 Å². The predicted molar refractivity (Wildman–Crippen MR) is 83.1 cm³/mol. The summed E-state index contributed by atoms with van der Waals surface area (Å²) in [5.74, 6) is 0.113. The third-order valence-electron chi connectivity index (χ3n) is 4.10. The first-order chi connectivity index (χ1) is 9.81. The Morgan fingerprint density at radius 1 is 1.20 bits per heavy atom. The molecule has 3 heteroatoms. The molecule has 2 N–H and O–H groups in total. The molecule has 0 atom stereocenters. The lowest BCUT2D eigenvalue weighted by Crippen LogP contribution is -2.15. The maximum absolute atomic E-state index is 12.1. The zero-order chi connectivity index (χ0) is 13.8. The molecule has 3 nitrogen and oxygen atoms in total. The van der Waals surface area contributed by atoms with Gasteiger partial charge in [0, 0.05) is 24.3 Å². The molecule has 0 radical (unpaired) electrons. The van der Waals surface area contributed by atoms with Gasteiger partial charge in [-0.1, -0.05) is 11.6 Å². The van der Waals surface area contributed by atoms with E-state index in [1.54, 1.807) is 0 Å². The highest BCUT2D eigenvalue weighted by atomic mass is 16.1.